The Bertz CT molecular complexity index is 599. The van der Waals surface area contributed by atoms with Crippen molar-refractivity contribution < 1.29 is 9.47 Å². The highest BCUT2D eigenvalue weighted by Crippen LogP contribution is 2.42. The Kier molecular flexibility index (Phi) is 3.83. The summed E-state index contributed by atoms with van der Waals surface area (Å²) in [5.41, 5.74) is 1.57. The van der Waals surface area contributed by atoms with Crippen molar-refractivity contribution >= 4 is 34.1 Å². The molecule has 3 nitrogen and oxygen atoms in total. The first-order chi connectivity index (χ1) is 8.62. The zero-order valence-corrected chi connectivity index (χ0v) is 11.9. The highest BCUT2D eigenvalue weighted by molar-refractivity contribution is 6.38. The number of pyridine rings is 1. The van der Waals surface area contributed by atoms with Crippen LogP contribution in [0.2, 0.25) is 10.0 Å². The van der Waals surface area contributed by atoms with Crippen molar-refractivity contribution in [3.8, 4) is 11.5 Å². The summed E-state index contributed by atoms with van der Waals surface area (Å²) in [4.78, 5) is 4.53. The Balaban J connectivity index is 2.92. The van der Waals surface area contributed by atoms with E-state index in [1.807, 2.05) is 13.0 Å². The maximum Gasteiger partial charge on any atom is 0.148 e. The fourth-order valence-electron chi connectivity index (χ4n) is 1.86. The minimum atomic E-state index is 0.454. The van der Waals surface area contributed by atoms with Crippen molar-refractivity contribution in [3.05, 3.63) is 27.9 Å². The highest BCUT2D eigenvalue weighted by atomic mass is 35.5. The lowest BCUT2D eigenvalue weighted by Crippen LogP contribution is -1.96. The van der Waals surface area contributed by atoms with Crippen molar-refractivity contribution in [1.82, 2.24) is 4.98 Å². The number of fused-ring (bicyclic) bond motifs is 1. The van der Waals surface area contributed by atoms with Crippen molar-refractivity contribution in [2.45, 2.75) is 13.3 Å². The first-order valence-corrected chi connectivity index (χ1v) is 6.27. The molecule has 1 aromatic carbocycles. The van der Waals surface area contributed by atoms with Gasteiger partial charge < -0.3 is 9.47 Å². The zero-order valence-electron chi connectivity index (χ0n) is 10.4. The molecule has 0 saturated carbocycles. The smallest absolute Gasteiger partial charge is 0.148 e. The summed E-state index contributed by atoms with van der Waals surface area (Å²) in [7, 11) is 3.13. The summed E-state index contributed by atoms with van der Waals surface area (Å²) < 4.78 is 10.6. The molecule has 0 bridgehead atoms. The molecule has 18 heavy (non-hydrogen) atoms. The maximum absolute atomic E-state index is 6.29. The van der Waals surface area contributed by atoms with Gasteiger partial charge in [-0.25, -0.2) is 4.98 Å². The Hall–Kier alpha value is -1.19. The van der Waals surface area contributed by atoms with Crippen LogP contribution in [0, 0.1) is 0 Å². The fourth-order valence-corrected chi connectivity index (χ4v) is 2.43. The molecule has 0 aliphatic heterocycles. The molecule has 0 N–H and O–H groups in total. The van der Waals surface area contributed by atoms with E-state index in [1.54, 1.807) is 20.3 Å². The molecule has 0 saturated heterocycles. The van der Waals surface area contributed by atoms with E-state index >= 15 is 0 Å². The second kappa shape index (κ2) is 5.21. The van der Waals surface area contributed by atoms with Crippen LogP contribution in [-0.2, 0) is 6.42 Å². The van der Waals surface area contributed by atoms with Gasteiger partial charge >= 0.3 is 0 Å². The molecule has 0 atom stereocenters. The summed E-state index contributed by atoms with van der Waals surface area (Å²) >= 11 is 12.4. The van der Waals surface area contributed by atoms with Gasteiger partial charge in [-0.1, -0.05) is 30.1 Å². The molecule has 2 aromatic rings. The van der Waals surface area contributed by atoms with Crippen LogP contribution in [0.4, 0.5) is 0 Å². The number of halogens is 2. The molecule has 1 aromatic heterocycles. The molecule has 0 unspecified atom stereocenters. The van der Waals surface area contributed by atoms with Crippen molar-refractivity contribution in [1.29, 1.82) is 0 Å². The molecule has 0 amide bonds. The van der Waals surface area contributed by atoms with Gasteiger partial charge in [0.25, 0.3) is 0 Å². The number of benzene rings is 1. The maximum atomic E-state index is 6.29. The minimum absolute atomic E-state index is 0.454. The van der Waals surface area contributed by atoms with E-state index in [9.17, 15) is 0 Å². The highest BCUT2D eigenvalue weighted by Gasteiger charge is 2.17. The normalized spacial score (nSPS) is 10.7. The summed E-state index contributed by atoms with van der Waals surface area (Å²) in [5, 5.41) is 1.70. The van der Waals surface area contributed by atoms with Gasteiger partial charge in [0, 0.05) is 11.8 Å². The molecule has 0 radical (unpaired) electrons. The van der Waals surface area contributed by atoms with Crippen LogP contribution < -0.4 is 9.47 Å². The van der Waals surface area contributed by atoms with E-state index in [4.69, 9.17) is 32.7 Å². The molecule has 0 spiro atoms. The van der Waals surface area contributed by atoms with E-state index in [0.717, 1.165) is 12.1 Å². The van der Waals surface area contributed by atoms with Gasteiger partial charge in [0.05, 0.1) is 29.7 Å². The molecular formula is C13H13Cl2NO2. The van der Waals surface area contributed by atoms with Crippen LogP contribution in [0.3, 0.4) is 0 Å². The Morgan fingerprint density at radius 1 is 1.11 bits per heavy atom. The zero-order chi connectivity index (χ0) is 13.3. The number of aromatic nitrogens is 1. The van der Waals surface area contributed by atoms with Crippen molar-refractivity contribution in [2.75, 3.05) is 14.2 Å². The van der Waals surface area contributed by atoms with Crippen LogP contribution in [0.1, 0.15) is 12.6 Å². The second-order valence-corrected chi connectivity index (χ2v) is 4.58. The standard InChI is InChI=1S/C13H13Cl2NO2/c1-4-7-5-8(14)11-12(16-7)10(17-2)6-9(15)13(11)18-3/h5-6H,4H2,1-3H3. The summed E-state index contributed by atoms with van der Waals surface area (Å²) in [5.74, 6) is 1.11. The average molecular weight is 286 g/mol. The van der Waals surface area contributed by atoms with Crippen LogP contribution in [0.15, 0.2) is 12.1 Å². The van der Waals surface area contributed by atoms with Gasteiger partial charge in [-0.2, -0.15) is 0 Å². The van der Waals surface area contributed by atoms with Crippen LogP contribution in [0.25, 0.3) is 10.9 Å². The Morgan fingerprint density at radius 2 is 1.83 bits per heavy atom. The molecule has 0 aliphatic carbocycles. The van der Waals surface area contributed by atoms with E-state index in [-0.39, 0.29) is 0 Å². The molecule has 0 fully saturated rings. The topological polar surface area (TPSA) is 31.4 Å². The lowest BCUT2D eigenvalue weighted by molar-refractivity contribution is 0.410. The largest absolute Gasteiger partial charge is 0.494 e. The number of methoxy groups -OCH3 is 2. The number of hydrogen-bond acceptors (Lipinski definition) is 3. The third kappa shape index (κ3) is 2.08. The molecule has 0 aliphatic rings. The third-order valence-electron chi connectivity index (χ3n) is 2.75. The van der Waals surface area contributed by atoms with Gasteiger partial charge in [0.1, 0.15) is 17.0 Å². The van der Waals surface area contributed by atoms with E-state index in [0.29, 0.717) is 32.4 Å². The first kappa shape index (κ1) is 13.2. The summed E-state index contributed by atoms with van der Waals surface area (Å²) in [6, 6.07) is 3.51. The quantitative estimate of drug-likeness (QED) is 0.850. The van der Waals surface area contributed by atoms with Gasteiger partial charge in [-0.05, 0) is 12.5 Å². The van der Waals surface area contributed by atoms with Crippen LogP contribution in [-0.4, -0.2) is 19.2 Å². The lowest BCUT2D eigenvalue weighted by Gasteiger charge is -2.13. The number of aryl methyl sites for hydroxylation is 1. The third-order valence-corrected chi connectivity index (χ3v) is 3.32. The van der Waals surface area contributed by atoms with E-state index in [2.05, 4.69) is 4.98 Å². The van der Waals surface area contributed by atoms with Crippen molar-refractivity contribution in [2.24, 2.45) is 0 Å². The average Bonchev–Trinajstić information content (AvgIpc) is 2.38. The Labute approximate surface area is 116 Å². The Morgan fingerprint density at radius 3 is 2.39 bits per heavy atom. The molecular weight excluding hydrogens is 273 g/mol. The van der Waals surface area contributed by atoms with Crippen LogP contribution in [0.5, 0.6) is 11.5 Å². The molecule has 2 rings (SSSR count). The molecule has 1 heterocycles. The fraction of sp³-hybridized carbons (Fsp3) is 0.308. The summed E-state index contributed by atoms with van der Waals surface area (Å²) in [6.45, 7) is 2.02. The number of rotatable bonds is 3. The van der Waals surface area contributed by atoms with Crippen molar-refractivity contribution in [3.63, 3.8) is 0 Å². The number of hydrogen-bond donors (Lipinski definition) is 0. The van der Waals surface area contributed by atoms with Gasteiger partial charge in [-0.15, -0.1) is 0 Å². The predicted molar refractivity (Wildman–Crippen MR) is 74.2 cm³/mol. The molecule has 5 heteroatoms. The van der Waals surface area contributed by atoms with Gasteiger partial charge in [0.15, 0.2) is 0 Å². The molecule has 96 valence electrons. The predicted octanol–water partition coefficient (Wildman–Crippen LogP) is 4.12. The number of ether oxygens (including phenoxy) is 2. The minimum Gasteiger partial charge on any atom is -0.494 e. The lowest BCUT2D eigenvalue weighted by atomic mass is 10.1. The number of nitrogens with zero attached hydrogens (tertiary/aromatic N) is 1. The van der Waals surface area contributed by atoms with Gasteiger partial charge in [0.2, 0.25) is 0 Å². The first-order valence-electron chi connectivity index (χ1n) is 5.52. The van der Waals surface area contributed by atoms with Gasteiger partial charge in [-0.3, -0.25) is 0 Å². The van der Waals surface area contributed by atoms with E-state index < -0.39 is 0 Å². The monoisotopic (exact) mass is 285 g/mol. The van der Waals surface area contributed by atoms with Crippen LogP contribution >= 0.6 is 23.2 Å². The second-order valence-electron chi connectivity index (χ2n) is 3.77. The summed E-state index contributed by atoms with van der Waals surface area (Å²) in [6.07, 6.45) is 0.795. The SMILES string of the molecule is CCc1cc(Cl)c2c(OC)c(Cl)cc(OC)c2n1. The van der Waals surface area contributed by atoms with E-state index in [1.165, 1.54) is 0 Å².